The average molecular weight is 600 g/mol. The second kappa shape index (κ2) is 12.5. The van der Waals surface area contributed by atoms with Crippen molar-refractivity contribution >= 4 is 32.1 Å². The highest BCUT2D eigenvalue weighted by Crippen LogP contribution is 2.39. The van der Waals surface area contributed by atoms with E-state index in [9.17, 15) is 13.2 Å². The summed E-state index contributed by atoms with van der Waals surface area (Å²) in [6, 6.07) is 15.1. The van der Waals surface area contributed by atoms with Gasteiger partial charge in [-0.15, -0.1) is 13.2 Å². The summed E-state index contributed by atoms with van der Waals surface area (Å²) in [5.41, 5.74) is 3.74. The summed E-state index contributed by atoms with van der Waals surface area (Å²) in [6.45, 7) is 12.5. The van der Waals surface area contributed by atoms with Crippen LogP contribution >= 0.6 is 0 Å². The summed E-state index contributed by atoms with van der Waals surface area (Å²) in [5, 5.41) is 6.59. The molecule has 4 rings (SSSR count). The van der Waals surface area contributed by atoms with Crippen LogP contribution in [-0.4, -0.2) is 37.0 Å². The number of aromatic nitrogens is 3. The minimum atomic E-state index is -4.76. The van der Waals surface area contributed by atoms with Gasteiger partial charge < -0.3 is 29.1 Å². The Kier molecular flexibility index (Phi) is 9.17. The molecular formula is C30H36F3N5O3Si. The van der Waals surface area contributed by atoms with Crippen molar-refractivity contribution in [1.82, 2.24) is 14.5 Å². The molecule has 42 heavy (non-hydrogen) atoms. The molecule has 0 bridgehead atoms. The fourth-order valence-electron chi connectivity index (χ4n) is 4.44. The predicted molar refractivity (Wildman–Crippen MR) is 161 cm³/mol. The Balaban J connectivity index is 1.69. The van der Waals surface area contributed by atoms with E-state index < -0.39 is 15.4 Å². The summed E-state index contributed by atoms with van der Waals surface area (Å²) in [6.07, 6.45) is -1.32. The van der Waals surface area contributed by atoms with Crippen LogP contribution in [0.3, 0.4) is 0 Å². The van der Waals surface area contributed by atoms with Gasteiger partial charge in [-0.3, -0.25) is 0 Å². The lowest BCUT2D eigenvalue weighted by Crippen LogP contribution is -2.26. The summed E-state index contributed by atoms with van der Waals surface area (Å²) >= 11 is 0. The molecule has 0 saturated carbocycles. The van der Waals surface area contributed by atoms with E-state index in [4.69, 9.17) is 14.1 Å². The number of imidazole rings is 1. The molecule has 0 saturated heterocycles. The zero-order chi connectivity index (χ0) is 30.7. The van der Waals surface area contributed by atoms with Gasteiger partial charge in [-0.2, -0.15) is 0 Å². The van der Waals surface area contributed by atoms with Crippen molar-refractivity contribution in [2.24, 2.45) is 5.41 Å². The molecule has 0 aliphatic heterocycles. The van der Waals surface area contributed by atoms with Gasteiger partial charge in [-0.1, -0.05) is 20.8 Å². The molecule has 224 valence electrons. The standard InChI is InChI=1S/C30H36F3N5O3Si/c1-19-17-38(18-34-19)24-13-10-22(16-25(24)39-5)36-27-15-20(28(29(2,3)4)41-42(6)7)14-26(37-27)35-21-8-11-23(12-9-21)40-30(31,32)33/h8-18,28,42H,1-7H3,(H2,35,36,37). The Hall–Kier alpha value is -4.03. The molecule has 2 aromatic heterocycles. The predicted octanol–water partition coefficient (Wildman–Crippen LogP) is 8.06. The van der Waals surface area contributed by atoms with Crippen molar-refractivity contribution in [3.05, 3.63) is 78.4 Å². The Bertz CT molecular complexity index is 1500. The molecule has 4 aromatic rings. The van der Waals surface area contributed by atoms with Gasteiger partial charge in [-0.05, 0) is 79.5 Å². The van der Waals surface area contributed by atoms with Gasteiger partial charge in [0.25, 0.3) is 0 Å². The Morgan fingerprint density at radius 3 is 2.05 bits per heavy atom. The number of aryl methyl sites for hydroxylation is 1. The van der Waals surface area contributed by atoms with E-state index in [2.05, 4.69) is 54.2 Å². The minimum Gasteiger partial charge on any atom is -0.494 e. The molecule has 0 amide bonds. The molecule has 0 radical (unpaired) electrons. The first kappa shape index (κ1) is 30.9. The van der Waals surface area contributed by atoms with Crippen molar-refractivity contribution in [3.8, 4) is 17.2 Å². The van der Waals surface area contributed by atoms with E-state index >= 15 is 0 Å². The van der Waals surface area contributed by atoms with E-state index in [1.165, 1.54) is 24.3 Å². The molecule has 0 aliphatic rings. The van der Waals surface area contributed by atoms with Crippen molar-refractivity contribution in [1.29, 1.82) is 0 Å². The van der Waals surface area contributed by atoms with Crippen LogP contribution in [0.2, 0.25) is 13.1 Å². The molecule has 12 heteroatoms. The summed E-state index contributed by atoms with van der Waals surface area (Å²) < 4.78 is 55.8. The van der Waals surface area contributed by atoms with Crippen molar-refractivity contribution < 1.29 is 27.1 Å². The van der Waals surface area contributed by atoms with Crippen LogP contribution in [0.15, 0.2) is 67.1 Å². The Morgan fingerprint density at radius 2 is 1.52 bits per heavy atom. The SMILES string of the molecule is COc1cc(Nc2cc(C(O[SiH](C)C)C(C)(C)C)cc(Nc3ccc(OC(F)(F)F)cc3)n2)ccc1-n1cnc(C)c1. The third-order valence-corrected chi connectivity index (χ3v) is 6.96. The molecule has 8 nitrogen and oxygen atoms in total. The monoisotopic (exact) mass is 599 g/mol. The van der Waals surface area contributed by atoms with Gasteiger partial charge >= 0.3 is 6.36 Å². The number of hydrogen-bond donors (Lipinski definition) is 2. The molecule has 2 heterocycles. The smallest absolute Gasteiger partial charge is 0.494 e. The van der Waals surface area contributed by atoms with Gasteiger partial charge in [0.15, 0.2) is 9.04 Å². The van der Waals surface area contributed by atoms with E-state index in [1.54, 1.807) is 13.4 Å². The third kappa shape index (κ3) is 8.26. The number of anilines is 4. The number of benzene rings is 2. The molecule has 0 spiro atoms. The van der Waals surface area contributed by atoms with E-state index in [0.717, 1.165) is 22.6 Å². The molecule has 1 unspecified atom stereocenters. The van der Waals surface area contributed by atoms with Crippen molar-refractivity contribution in [2.45, 2.75) is 53.3 Å². The average Bonchev–Trinajstić information content (AvgIpc) is 3.32. The van der Waals surface area contributed by atoms with Crippen LogP contribution in [0.25, 0.3) is 5.69 Å². The maximum atomic E-state index is 12.6. The molecule has 0 aliphatic carbocycles. The normalized spacial score (nSPS) is 12.7. The molecule has 0 fully saturated rings. The van der Waals surface area contributed by atoms with Crippen molar-refractivity contribution in [3.63, 3.8) is 0 Å². The van der Waals surface area contributed by atoms with E-state index in [1.807, 2.05) is 48.0 Å². The Labute approximate surface area is 245 Å². The van der Waals surface area contributed by atoms with Crippen LogP contribution < -0.4 is 20.1 Å². The zero-order valence-corrected chi connectivity index (χ0v) is 25.9. The fourth-order valence-corrected chi connectivity index (χ4v) is 5.55. The van der Waals surface area contributed by atoms with Crippen LogP contribution in [0, 0.1) is 12.3 Å². The zero-order valence-electron chi connectivity index (χ0n) is 24.7. The molecule has 2 N–H and O–H groups in total. The number of nitrogens with zero attached hydrogens (tertiary/aromatic N) is 3. The number of halogens is 3. The second-order valence-electron chi connectivity index (χ2n) is 11.2. The molecule has 1 atom stereocenters. The first-order valence-corrected chi connectivity index (χ1v) is 16.2. The number of alkyl halides is 3. The topological polar surface area (TPSA) is 82.5 Å². The molecule has 2 aromatic carbocycles. The van der Waals surface area contributed by atoms with Crippen molar-refractivity contribution in [2.75, 3.05) is 17.7 Å². The minimum absolute atomic E-state index is 0.211. The highest BCUT2D eigenvalue weighted by molar-refractivity contribution is 6.48. The first-order valence-electron chi connectivity index (χ1n) is 13.5. The van der Waals surface area contributed by atoms with E-state index in [-0.39, 0.29) is 17.3 Å². The van der Waals surface area contributed by atoms with Gasteiger partial charge in [-0.25, -0.2) is 9.97 Å². The quantitative estimate of drug-likeness (QED) is 0.179. The summed E-state index contributed by atoms with van der Waals surface area (Å²) in [7, 11) is 0.184. The van der Waals surface area contributed by atoms with Gasteiger partial charge in [0.1, 0.15) is 23.1 Å². The number of hydrogen-bond acceptors (Lipinski definition) is 7. The largest absolute Gasteiger partial charge is 0.573 e. The maximum absolute atomic E-state index is 12.6. The third-order valence-electron chi connectivity index (χ3n) is 6.15. The number of pyridine rings is 1. The van der Waals surface area contributed by atoms with Gasteiger partial charge in [0.05, 0.1) is 30.9 Å². The van der Waals surface area contributed by atoms with Gasteiger partial charge in [0, 0.05) is 23.6 Å². The molecular weight excluding hydrogens is 563 g/mol. The summed E-state index contributed by atoms with van der Waals surface area (Å²) in [4.78, 5) is 9.05. The number of ether oxygens (including phenoxy) is 2. The number of nitrogens with one attached hydrogen (secondary N) is 2. The van der Waals surface area contributed by atoms with Crippen LogP contribution in [0.1, 0.15) is 38.1 Å². The number of rotatable bonds is 10. The van der Waals surface area contributed by atoms with Crippen LogP contribution in [-0.2, 0) is 4.43 Å². The lowest BCUT2D eigenvalue weighted by Gasteiger charge is -2.33. The van der Waals surface area contributed by atoms with Crippen LogP contribution in [0.4, 0.5) is 36.2 Å². The summed E-state index contributed by atoms with van der Waals surface area (Å²) in [5.74, 6) is 1.40. The van der Waals surface area contributed by atoms with Gasteiger partial charge in [0.2, 0.25) is 0 Å². The lowest BCUT2D eigenvalue weighted by atomic mass is 9.85. The fraction of sp³-hybridized carbons (Fsp3) is 0.333. The second-order valence-corrected chi connectivity index (χ2v) is 13.6. The first-order chi connectivity index (χ1) is 19.7. The highest BCUT2D eigenvalue weighted by Gasteiger charge is 2.31. The Morgan fingerprint density at radius 1 is 0.905 bits per heavy atom. The maximum Gasteiger partial charge on any atom is 0.573 e. The highest BCUT2D eigenvalue weighted by atomic mass is 28.3. The lowest BCUT2D eigenvalue weighted by molar-refractivity contribution is -0.274. The number of methoxy groups -OCH3 is 1. The van der Waals surface area contributed by atoms with Crippen LogP contribution in [0.5, 0.6) is 11.5 Å². The van der Waals surface area contributed by atoms with E-state index in [0.29, 0.717) is 23.1 Å².